The van der Waals surface area contributed by atoms with Crippen LogP contribution in [0.5, 0.6) is 5.75 Å². The van der Waals surface area contributed by atoms with Crippen LogP contribution in [0.2, 0.25) is 0 Å². The van der Waals surface area contributed by atoms with E-state index in [9.17, 15) is 9.90 Å². The molecule has 0 spiro atoms. The number of pyridine rings is 1. The molecule has 0 aliphatic carbocycles. The Labute approximate surface area is 167 Å². The normalized spacial score (nSPS) is 12.1. The van der Waals surface area contributed by atoms with Gasteiger partial charge in [0.1, 0.15) is 10.4 Å². The quantitative estimate of drug-likeness (QED) is 0.440. The van der Waals surface area contributed by atoms with Gasteiger partial charge in [0.2, 0.25) is 0 Å². The molecule has 0 saturated carbocycles. The van der Waals surface area contributed by atoms with E-state index in [2.05, 4.69) is 31.0 Å². The lowest BCUT2D eigenvalue weighted by molar-refractivity contribution is 0.407. The number of rotatable bonds is 5. The number of hydrogen-bond acceptors (Lipinski definition) is 4. The maximum Gasteiger partial charge on any atom is 0.266 e. The van der Waals surface area contributed by atoms with Gasteiger partial charge in [-0.3, -0.25) is 4.79 Å². The van der Waals surface area contributed by atoms with Gasteiger partial charge in [-0.1, -0.05) is 38.1 Å². The van der Waals surface area contributed by atoms with Crippen molar-refractivity contribution in [2.45, 2.75) is 32.1 Å². The number of phenols is 1. The van der Waals surface area contributed by atoms with Crippen LogP contribution in [-0.2, 0) is 5.41 Å². The maximum absolute atomic E-state index is 12.3. The summed E-state index contributed by atoms with van der Waals surface area (Å²) in [5, 5.41) is 14.3. The molecule has 5 heteroatoms. The summed E-state index contributed by atoms with van der Waals surface area (Å²) in [5.41, 5.74) is 9.60. The summed E-state index contributed by atoms with van der Waals surface area (Å²) in [7, 11) is 0. The highest BCUT2D eigenvalue weighted by atomic mass is 32.1. The minimum absolute atomic E-state index is 0.0226. The second kappa shape index (κ2) is 7.08. The molecule has 4 nitrogen and oxygen atoms in total. The number of nitrogens with two attached hydrogens (primary N) is 1. The molecule has 0 saturated heterocycles. The number of aromatic hydroxyl groups is 1. The summed E-state index contributed by atoms with van der Waals surface area (Å²) < 4.78 is 0.676. The van der Waals surface area contributed by atoms with Crippen molar-refractivity contribution in [2.75, 3.05) is 6.54 Å². The van der Waals surface area contributed by atoms with E-state index < -0.39 is 0 Å². The first-order valence-electron chi connectivity index (χ1n) is 9.60. The van der Waals surface area contributed by atoms with Crippen LogP contribution in [0.15, 0.2) is 52.6 Å². The van der Waals surface area contributed by atoms with Crippen LogP contribution in [0.4, 0.5) is 0 Å². The molecule has 0 aliphatic rings. The zero-order valence-corrected chi connectivity index (χ0v) is 16.9. The zero-order chi connectivity index (χ0) is 19.9. The largest absolute Gasteiger partial charge is 0.507 e. The summed E-state index contributed by atoms with van der Waals surface area (Å²) in [6.07, 6.45) is 1.96. The van der Waals surface area contributed by atoms with Gasteiger partial charge in [-0.2, -0.15) is 0 Å². The predicted octanol–water partition coefficient (Wildman–Crippen LogP) is 5.13. The van der Waals surface area contributed by atoms with Gasteiger partial charge in [0.25, 0.3) is 5.56 Å². The standard InChI is InChI=1S/C23H24N2O2S/c1-3-23(4-2,13-24)15-7-5-14(6-8-15)19-18(26)10-9-17-20(19)16-11-12-28-21(16)22(27)25-17/h5-12,26H,3-4,13,24H2,1-2H3,(H,25,27). The van der Waals surface area contributed by atoms with Gasteiger partial charge in [-0.15, -0.1) is 11.3 Å². The lowest BCUT2D eigenvalue weighted by Gasteiger charge is -2.31. The molecular weight excluding hydrogens is 368 g/mol. The second-order valence-corrected chi connectivity index (χ2v) is 8.18. The maximum atomic E-state index is 12.3. The molecule has 144 valence electrons. The number of hydrogen-bond donors (Lipinski definition) is 3. The molecule has 2 aromatic heterocycles. The minimum atomic E-state index is -0.0943. The average molecular weight is 393 g/mol. The van der Waals surface area contributed by atoms with Crippen LogP contribution in [0.3, 0.4) is 0 Å². The summed E-state index contributed by atoms with van der Waals surface area (Å²) in [6.45, 7) is 4.95. The van der Waals surface area contributed by atoms with Crippen LogP contribution >= 0.6 is 11.3 Å². The molecule has 0 radical (unpaired) electrons. The van der Waals surface area contributed by atoms with Crippen LogP contribution in [0, 0.1) is 0 Å². The number of phenolic OH excluding ortho intramolecular Hbond substituents is 1. The Hall–Kier alpha value is -2.63. The smallest absolute Gasteiger partial charge is 0.266 e. The Balaban J connectivity index is 1.96. The van der Waals surface area contributed by atoms with Crippen molar-refractivity contribution in [1.29, 1.82) is 0 Å². The first-order chi connectivity index (χ1) is 13.5. The van der Waals surface area contributed by atoms with E-state index in [0.717, 1.165) is 40.3 Å². The first-order valence-corrected chi connectivity index (χ1v) is 10.5. The van der Waals surface area contributed by atoms with Crippen molar-refractivity contribution in [1.82, 2.24) is 4.98 Å². The number of fused-ring (bicyclic) bond motifs is 3. The highest BCUT2D eigenvalue weighted by Gasteiger charge is 2.26. The number of H-pyrrole nitrogens is 1. The van der Waals surface area contributed by atoms with Crippen LogP contribution < -0.4 is 11.3 Å². The van der Waals surface area contributed by atoms with Gasteiger partial charge in [-0.05, 0) is 47.5 Å². The number of aromatic nitrogens is 1. The monoisotopic (exact) mass is 392 g/mol. The molecule has 0 bridgehead atoms. The van der Waals surface area contributed by atoms with Crippen molar-refractivity contribution in [3.05, 3.63) is 63.8 Å². The molecular formula is C23H24N2O2S. The molecule has 0 aliphatic heterocycles. The number of benzene rings is 2. The molecule has 0 unspecified atom stereocenters. The van der Waals surface area contributed by atoms with E-state index >= 15 is 0 Å². The third-order valence-corrected chi connectivity index (χ3v) is 7.02. The molecule has 4 N–H and O–H groups in total. The Morgan fingerprint density at radius 1 is 1.07 bits per heavy atom. The molecule has 2 aromatic carbocycles. The van der Waals surface area contributed by atoms with E-state index in [1.54, 1.807) is 12.1 Å². The van der Waals surface area contributed by atoms with E-state index in [4.69, 9.17) is 5.73 Å². The third-order valence-electron chi connectivity index (χ3n) is 6.10. The van der Waals surface area contributed by atoms with Crippen molar-refractivity contribution >= 4 is 32.3 Å². The summed E-state index contributed by atoms with van der Waals surface area (Å²) in [4.78, 5) is 15.3. The number of aromatic amines is 1. The first kappa shape index (κ1) is 18.7. The van der Waals surface area contributed by atoms with Gasteiger partial charge < -0.3 is 15.8 Å². The lowest BCUT2D eigenvalue weighted by Crippen LogP contribution is -2.33. The summed E-state index contributed by atoms with van der Waals surface area (Å²) >= 11 is 1.41. The molecule has 0 fully saturated rings. The van der Waals surface area contributed by atoms with Crippen molar-refractivity contribution < 1.29 is 5.11 Å². The fraction of sp³-hybridized carbons (Fsp3) is 0.261. The summed E-state index contributed by atoms with van der Waals surface area (Å²) in [6, 6.07) is 13.7. The van der Waals surface area contributed by atoms with Crippen molar-refractivity contribution in [2.24, 2.45) is 5.73 Å². The van der Waals surface area contributed by atoms with Gasteiger partial charge >= 0.3 is 0 Å². The Morgan fingerprint density at radius 2 is 1.79 bits per heavy atom. The second-order valence-electron chi connectivity index (χ2n) is 7.27. The van der Waals surface area contributed by atoms with E-state index in [-0.39, 0.29) is 16.7 Å². The van der Waals surface area contributed by atoms with Gasteiger partial charge in [-0.25, -0.2) is 0 Å². The van der Waals surface area contributed by atoms with Gasteiger partial charge in [0.05, 0.1) is 0 Å². The minimum Gasteiger partial charge on any atom is -0.507 e. The van der Waals surface area contributed by atoms with Crippen molar-refractivity contribution in [3.63, 3.8) is 0 Å². The van der Waals surface area contributed by atoms with E-state index in [1.165, 1.54) is 16.9 Å². The Morgan fingerprint density at radius 3 is 2.43 bits per heavy atom. The number of nitrogens with one attached hydrogen (secondary N) is 1. The topological polar surface area (TPSA) is 79.1 Å². The van der Waals surface area contributed by atoms with Crippen LogP contribution in [-0.4, -0.2) is 16.6 Å². The van der Waals surface area contributed by atoms with Gasteiger partial charge in [0.15, 0.2) is 0 Å². The molecule has 4 aromatic rings. The molecule has 0 atom stereocenters. The third kappa shape index (κ3) is 2.74. The lowest BCUT2D eigenvalue weighted by atomic mass is 9.75. The van der Waals surface area contributed by atoms with E-state index in [1.807, 2.05) is 23.6 Å². The van der Waals surface area contributed by atoms with E-state index in [0.29, 0.717) is 11.2 Å². The molecule has 28 heavy (non-hydrogen) atoms. The SMILES string of the molecule is CCC(CC)(CN)c1ccc(-c2c(O)ccc3[nH]c(=O)c4sccc4c23)cc1. The highest BCUT2D eigenvalue weighted by molar-refractivity contribution is 7.17. The fourth-order valence-electron chi connectivity index (χ4n) is 4.18. The van der Waals surface area contributed by atoms with Crippen LogP contribution in [0.1, 0.15) is 32.3 Å². The summed E-state index contributed by atoms with van der Waals surface area (Å²) in [5.74, 6) is 0.205. The average Bonchev–Trinajstić information content (AvgIpc) is 3.22. The molecule has 4 rings (SSSR count). The number of thiophene rings is 1. The van der Waals surface area contributed by atoms with Crippen molar-refractivity contribution in [3.8, 4) is 16.9 Å². The van der Waals surface area contributed by atoms with Gasteiger partial charge in [0, 0.05) is 33.8 Å². The Bertz CT molecular complexity index is 1190. The zero-order valence-electron chi connectivity index (χ0n) is 16.1. The fourth-order valence-corrected chi connectivity index (χ4v) is 4.98. The predicted molar refractivity (Wildman–Crippen MR) is 118 cm³/mol. The Kier molecular flexibility index (Phi) is 4.73. The van der Waals surface area contributed by atoms with Crippen LogP contribution in [0.25, 0.3) is 32.1 Å². The molecule has 2 heterocycles. The molecule has 0 amide bonds. The highest BCUT2D eigenvalue weighted by Crippen LogP contribution is 2.40.